The van der Waals surface area contributed by atoms with Crippen molar-refractivity contribution in [3.8, 4) is 22.9 Å². The molecule has 168 valence electrons. The van der Waals surface area contributed by atoms with Gasteiger partial charge in [0.1, 0.15) is 17.4 Å². The molecule has 5 rings (SSSR count). The fourth-order valence-electron chi connectivity index (χ4n) is 4.25. The van der Waals surface area contributed by atoms with Crippen LogP contribution in [0, 0.1) is 5.82 Å². The Kier molecular flexibility index (Phi) is 5.66. The van der Waals surface area contributed by atoms with Crippen molar-refractivity contribution >= 4 is 22.4 Å². The quantitative estimate of drug-likeness (QED) is 0.465. The maximum absolute atomic E-state index is 14.2. The molecule has 2 heterocycles. The maximum atomic E-state index is 14.2. The number of anilines is 2. The third-order valence-electron chi connectivity index (χ3n) is 5.90. The first-order valence-corrected chi connectivity index (χ1v) is 10.7. The summed E-state index contributed by atoms with van der Waals surface area (Å²) in [5, 5.41) is 0.677. The molecule has 33 heavy (non-hydrogen) atoms. The summed E-state index contributed by atoms with van der Waals surface area (Å²) in [6.07, 6.45) is 0. The zero-order valence-electron chi connectivity index (χ0n) is 18.2. The second kappa shape index (κ2) is 8.91. The van der Waals surface area contributed by atoms with Gasteiger partial charge in [0.15, 0.2) is 11.6 Å². The zero-order valence-corrected chi connectivity index (χ0v) is 18.2. The van der Waals surface area contributed by atoms with Gasteiger partial charge in [-0.2, -0.15) is 5.90 Å². The molecule has 0 spiro atoms. The Bertz CT molecular complexity index is 1290. The minimum absolute atomic E-state index is 0.321. The molecule has 0 saturated carbocycles. The van der Waals surface area contributed by atoms with Gasteiger partial charge in [-0.3, -0.25) is 0 Å². The van der Waals surface area contributed by atoms with Crippen LogP contribution in [0.1, 0.15) is 0 Å². The number of methoxy groups -OCH3 is 1. The lowest BCUT2D eigenvalue weighted by atomic mass is 10.1. The predicted molar refractivity (Wildman–Crippen MR) is 127 cm³/mol. The number of fused-ring (bicyclic) bond motifs is 1. The van der Waals surface area contributed by atoms with Crippen molar-refractivity contribution in [1.29, 1.82) is 0 Å². The number of benzene rings is 3. The molecule has 0 radical (unpaired) electrons. The molecule has 0 aliphatic carbocycles. The Morgan fingerprint density at radius 3 is 2.30 bits per heavy atom. The maximum Gasteiger partial charge on any atom is 0.165 e. The van der Waals surface area contributed by atoms with Gasteiger partial charge in [0.25, 0.3) is 0 Å². The molecule has 7 nitrogen and oxygen atoms in total. The van der Waals surface area contributed by atoms with Crippen molar-refractivity contribution in [3.05, 3.63) is 72.5 Å². The smallest absolute Gasteiger partial charge is 0.165 e. The van der Waals surface area contributed by atoms with E-state index in [2.05, 4.69) is 20.9 Å². The summed E-state index contributed by atoms with van der Waals surface area (Å²) >= 11 is 0. The fraction of sp³-hybridized carbons (Fsp3) is 0.200. The van der Waals surface area contributed by atoms with E-state index in [9.17, 15) is 4.39 Å². The number of halogens is 1. The second-order valence-electron chi connectivity index (χ2n) is 7.79. The van der Waals surface area contributed by atoms with E-state index in [1.165, 1.54) is 12.1 Å². The largest absolute Gasteiger partial charge is 0.495 e. The van der Waals surface area contributed by atoms with Crippen molar-refractivity contribution < 1.29 is 14.0 Å². The molecule has 3 aromatic carbocycles. The van der Waals surface area contributed by atoms with Crippen molar-refractivity contribution in [3.63, 3.8) is 0 Å². The predicted octanol–water partition coefficient (Wildman–Crippen LogP) is 4.02. The summed E-state index contributed by atoms with van der Waals surface area (Å²) in [5.74, 6) is 7.65. The van der Waals surface area contributed by atoms with Crippen LogP contribution in [0.15, 0.2) is 66.7 Å². The Balaban J connectivity index is 1.52. The molecule has 0 amide bonds. The highest BCUT2D eigenvalue weighted by Gasteiger charge is 2.23. The number of ether oxygens (including phenoxy) is 1. The number of para-hydroxylation sites is 3. The molecule has 0 unspecified atom stereocenters. The minimum atomic E-state index is -0.321. The van der Waals surface area contributed by atoms with Crippen molar-refractivity contribution in [1.82, 2.24) is 9.97 Å². The monoisotopic (exact) mass is 445 g/mol. The Hall–Kier alpha value is -3.91. The molecular formula is C25H24FN5O2. The lowest BCUT2D eigenvalue weighted by Gasteiger charge is -2.37. The molecule has 2 N–H and O–H groups in total. The van der Waals surface area contributed by atoms with Crippen molar-refractivity contribution in [2.24, 2.45) is 5.90 Å². The molecule has 0 atom stereocenters. The Labute approximate surface area is 191 Å². The Morgan fingerprint density at radius 2 is 1.55 bits per heavy atom. The molecule has 0 bridgehead atoms. The lowest BCUT2D eigenvalue weighted by molar-refractivity contribution is 0.336. The average molecular weight is 445 g/mol. The molecular weight excluding hydrogens is 421 g/mol. The van der Waals surface area contributed by atoms with Gasteiger partial charge >= 0.3 is 0 Å². The van der Waals surface area contributed by atoms with E-state index in [1.807, 2.05) is 36.4 Å². The SMILES string of the molecule is COc1ccccc1N1CCN(c2nc(-c3ccccc3ON)nc3ccc(F)cc23)CC1. The summed E-state index contributed by atoms with van der Waals surface area (Å²) in [5.41, 5.74) is 2.41. The van der Waals surface area contributed by atoms with Crippen LogP contribution in [-0.2, 0) is 0 Å². The van der Waals surface area contributed by atoms with Crippen LogP contribution in [0.4, 0.5) is 15.9 Å². The average Bonchev–Trinajstić information content (AvgIpc) is 2.88. The van der Waals surface area contributed by atoms with Gasteiger partial charge in [-0.15, -0.1) is 0 Å². The van der Waals surface area contributed by atoms with Gasteiger partial charge in [-0.1, -0.05) is 24.3 Å². The van der Waals surface area contributed by atoms with Crippen LogP contribution >= 0.6 is 0 Å². The number of hydrogen-bond donors (Lipinski definition) is 1. The van der Waals surface area contributed by atoms with Gasteiger partial charge in [-0.05, 0) is 42.5 Å². The zero-order chi connectivity index (χ0) is 22.8. The van der Waals surface area contributed by atoms with Crippen LogP contribution in [0.25, 0.3) is 22.3 Å². The number of hydrogen-bond acceptors (Lipinski definition) is 7. The van der Waals surface area contributed by atoms with Crippen LogP contribution < -0.4 is 25.3 Å². The van der Waals surface area contributed by atoms with Crippen LogP contribution in [0.5, 0.6) is 11.5 Å². The summed E-state index contributed by atoms with van der Waals surface area (Å²) in [4.78, 5) is 19.0. The topological polar surface area (TPSA) is 76.7 Å². The highest BCUT2D eigenvalue weighted by molar-refractivity contribution is 5.91. The third-order valence-corrected chi connectivity index (χ3v) is 5.90. The van der Waals surface area contributed by atoms with Crippen LogP contribution in [-0.4, -0.2) is 43.3 Å². The molecule has 4 aromatic rings. The van der Waals surface area contributed by atoms with Gasteiger partial charge in [0.05, 0.1) is 23.9 Å². The van der Waals surface area contributed by atoms with E-state index in [-0.39, 0.29) is 5.82 Å². The summed E-state index contributed by atoms with van der Waals surface area (Å²) in [6, 6.07) is 19.9. The highest BCUT2D eigenvalue weighted by Crippen LogP contribution is 2.34. The van der Waals surface area contributed by atoms with E-state index >= 15 is 0 Å². The molecule has 1 aromatic heterocycles. The number of aromatic nitrogens is 2. The van der Waals surface area contributed by atoms with Gasteiger partial charge in [-0.25, -0.2) is 14.4 Å². The fourth-order valence-corrected chi connectivity index (χ4v) is 4.25. The number of piperazine rings is 1. The summed E-state index contributed by atoms with van der Waals surface area (Å²) in [7, 11) is 1.68. The van der Waals surface area contributed by atoms with Crippen molar-refractivity contribution in [2.75, 3.05) is 43.1 Å². The molecule has 1 aliphatic rings. The first-order chi connectivity index (χ1) is 16.2. The molecule has 8 heteroatoms. The minimum Gasteiger partial charge on any atom is -0.495 e. The lowest BCUT2D eigenvalue weighted by Crippen LogP contribution is -2.47. The van der Waals surface area contributed by atoms with Gasteiger partial charge < -0.3 is 19.4 Å². The van der Waals surface area contributed by atoms with Gasteiger partial charge in [0, 0.05) is 31.6 Å². The van der Waals surface area contributed by atoms with Crippen LogP contribution in [0.2, 0.25) is 0 Å². The van der Waals surface area contributed by atoms with E-state index < -0.39 is 0 Å². The van der Waals surface area contributed by atoms with E-state index in [4.69, 9.17) is 20.5 Å². The van der Waals surface area contributed by atoms with Gasteiger partial charge in [0.2, 0.25) is 0 Å². The van der Waals surface area contributed by atoms with E-state index in [0.717, 1.165) is 37.6 Å². The highest BCUT2D eigenvalue weighted by atomic mass is 19.1. The van der Waals surface area contributed by atoms with Crippen LogP contribution in [0.3, 0.4) is 0 Å². The Morgan fingerprint density at radius 1 is 0.848 bits per heavy atom. The number of nitrogens with two attached hydrogens (primary N) is 1. The second-order valence-corrected chi connectivity index (χ2v) is 7.79. The van der Waals surface area contributed by atoms with E-state index in [0.29, 0.717) is 33.9 Å². The summed E-state index contributed by atoms with van der Waals surface area (Å²) in [6.45, 7) is 2.99. The third kappa shape index (κ3) is 4.01. The van der Waals surface area contributed by atoms with Crippen molar-refractivity contribution in [2.45, 2.75) is 0 Å². The standard InChI is InChI=1S/C25H24FN5O2/c1-32-23-9-5-3-7-21(23)30-12-14-31(15-13-30)25-19-16-17(26)10-11-20(19)28-24(29-25)18-6-2-4-8-22(18)33-27/h2-11,16H,12-15,27H2,1H3. The van der Waals surface area contributed by atoms with E-state index in [1.54, 1.807) is 19.2 Å². The normalized spacial score (nSPS) is 13.9. The first-order valence-electron chi connectivity index (χ1n) is 10.7. The number of nitrogens with zero attached hydrogens (tertiary/aromatic N) is 4. The summed E-state index contributed by atoms with van der Waals surface area (Å²) < 4.78 is 19.7. The first kappa shape index (κ1) is 21.0. The molecule has 1 aliphatic heterocycles. The molecule has 1 saturated heterocycles. The number of rotatable bonds is 5. The molecule has 1 fully saturated rings.